The fourth-order valence-corrected chi connectivity index (χ4v) is 2.56. The van der Waals surface area contributed by atoms with Crippen molar-refractivity contribution >= 4 is 17.7 Å². The van der Waals surface area contributed by atoms with Gasteiger partial charge < -0.3 is 19.6 Å². The van der Waals surface area contributed by atoms with E-state index >= 15 is 0 Å². The maximum absolute atomic E-state index is 10.8. The number of hydrogen-bond acceptors (Lipinski definition) is 5. The maximum Gasteiger partial charge on any atom is 0.169 e. The molecule has 0 amide bonds. The van der Waals surface area contributed by atoms with Crippen LogP contribution in [0.1, 0.15) is 18.2 Å². The van der Waals surface area contributed by atoms with Crippen molar-refractivity contribution in [2.45, 2.75) is 30.5 Å². The van der Waals surface area contributed by atoms with Gasteiger partial charge in [-0.2, -0.15) is 0 Å². The molecule has 1 aromatic heterocycles. The second kappa shape index (κ2) is 6.58. The van der Waals surface area contributed by atoms with Crippen molar-refractivity contribution in [3.63, 3.8) is 0 Å². The number of carbonyl (C=O) groups excluding carboxylic acids is 1. The highest BCUT2D eigenvalue weighted by molar-refractivity contribution is 8.00. The normalized spacial score (nSPS) is 12.3. The summed E-state index contributed by atoms with van der Waals surface area (Å²) in [5, 5.41) is 19.9. The largest absolute Gasteiger partial charge is 0.549 e. The molecule has 0 aliphatic carbocycles. The molecule has 5 nitrogen and oxygen atoms in total. The number of carboxylic acids is 1. The molecular formula is C14H15N2O3S-. The summed E-state index contributed by atoms with van der Waals surface area (Å²) in [6.45, 7) is 1.96. The SMILES string of the molecule is C[C@H](Sc1nc(CO)cn1Cc1ccccc1)C(=O)[O-]. The molecule has 2 rings (SSSR count). The molecule has 0 unspecified atom stereocenters. The zero-order chi connectivity index (χ0) is 14.5. The highest BCUT2D eigenvalue weighted by atomic mass is 32.2. The Labute approximate surface area is 121 Å². The highest BCUT2D eigenvalue weighted by Crippen LogP contribution is 2.23. The Bertz CT molecular complexity index is 583. The molecule has 0 fully saturated rings. The van der Waals surface area contributed by atoms with Gasteiger partial charge in [0.05, 0.1) is 18.3 Å². The Morgan fingerprint density at radius 3 is 2.75 bits per heavy atom. The number of aliphatic carboxylic acids is 1. The maximum atomic E-state index is 10.8. The molecule has 0 saturated heterocycles. The first kappa shape index (κ1) is 14.6. The molecule has 0 radical (unpaired) electrons. The number of rotatable bonds is 6. The number of aromatic nitrogens is 2. The van der Waals surface area contributed by atoms with Crippen LogP contribution in [0, 0.1) is 0 Å². The standard InChI is InChI=1S/C14H16N2O3S/c1-10(13(18)19)20-14-15-12(9-17)8-16(14)7-11-5-3-2-4-6-11/h2-6,8,10,17H,7,9H2,1H3,(H,18,19)/p-1/t10-/m0/s1. The molecule has 20 heavy (non-hydrogen) atoms. The van der Waals surface area contributed by atoms with Gasteiger partial charge in [0.15, 0.2) is 5.16 Å². The lowest BCUT2D eigenvalue weighted by molar-refractivity contribution is -0.304. The fourth-order valence-electron chi connectivity index (χ4n) is 1.72. The molecule has 1 aromatic carbocycles. The summed E-state index contributed by atoms with van der Waals surface area (Å²) >= 11 is 1.11. The van der Waals surface area contributed by atoms with Crippen LogP contribution in [0.25, 0.3) is 0 Å². The Hall–Kier alpha value is -1.79. The van der Waals surface area contributed by atoms with E-state index in [1.165, 1.54) is 0 Å². The minimum atomic E-state index is -1.13. The van der Waals surface area contributed by atoms with E-state index in [0.717, 1.165) is 17.3 Å². The molecule has 0 spiro atoms. The van der Waals surface area contributed by atoms with Crippen molar-refractivity contribution in [2.24, 2.45) is 0 Å². The van der Waals surface area contributed by atoms with Gasteiger partial charge >= 0.3 is 0 Å². The average Bonchev–Trinajstić information content (AvgIpc) is 2.82. The van der Waals surface area contributed by atoms with Gasteiger partial charge in [-0.3, -0.25) is 0 Å². The number of carboxylic acid groups (broad SMARTS) is 1. The summed E-state index contributed by atoms with van der Waals surface area (Å²) in [6, 6.07) is 9.78. The molecule has 1 heterocycles. The van der Waals surface area contributed by atoms with E-state index in [1.807, 2.05) is 34.9 Å². The van der Waals surface area contributed by atoms with Crippen LogP contribution >= 0.6 is 11.8 Å². The minimum Gasteiger partial charge on any atom is -0.549 e. The first-order valence-corrected chi connectivity index (χ1v) is 7.06. The Balaban J connectivity index is 2.22. The van der Waals surface area contributed by atoms with Crippen LogP contribution < -0.4 is 5.11 Å². The number of nitrogens with zero attached hydrogens (tertiary/aromatic N) is 2. The van der Waals surface area contributed by atoms with Crippen molar-refractivity contribution in [3.05, 3.63) is 47.8 Å². The summed E-state index contributed by atoms with van der Waals surface area (Å²) in [6.07, 6.45) is 1.73. The smallest absolute Gasteiger partial charge is 0.169 e. The van der Waals surface area contributed by atoms with Gasteiger partial charge in [-0.15, -0.1) is 0 Å². The number of benzene rings is 1. The summed E-state index contributed by atoms with van der Waals surface area (Å²) in [5.74, 6) is -1.13. The number of carbonyl (C=O) groups is 1. The summed E-state index contributed by atoms with van der Waals surface area (Å²) in [7, 11) is 0. The van der Waals surface area contributed by atoms with Gasteiger partial charge in [0.25, 0.3) is 0 Å². The molecule has 6 heteroatoms. The van der Waals surface area contributed by atoms with Crippen LogP contribution in [0.15, 0.2) is 41.7 Å². The molecule has 0 aliphatic heterocycles. The van der Waals surface area contributed by atoms with E-state index in [0.29, 0.717) is 17.4 Å². The van der Waals surface area contributed by atoms with Gasteiger partial charge in [0, 0.05) is 18.0 Å². The average molecular weight is 291 g/mol. The lowest BCUT2D eigenvalue weighted by atomic mass is 10.2. The van der Waals surface area contributed by atoms with Gasteiger partial charge in [-0.25, -0.2) is 4.98 Å². The van der Waals surface area contributed by atoms with E-state index in [9.17, 15) is 15.0 Å². The number of hydrogen-bond donors (Lipinski definition) is 1. The van der Waals surface area contributed by atoms with Gasteiger partial charge in [0.2, 0.25) is 0 Å². The first-order valence-electron chi connectivity index (χ1n) is 6.18. The summed E-state index contributed by atoms with van der Waals surface area (Å²) < 4.78 is 1.84. The van der Waals surface area contributed by atoms with Crippen molar-refractivity contribution in [3.8, 4) is 0 Å². The first-order chi connectivity index (χ1) is 9.60. The molecule has 0 aliphatic rings. The Kier molecular flexibility index (Phi) is 4.81. The molecule has 0 saturated carbocycles. The van der Waals surface area contributed by atoms with E-state index in [1.54, 1.807) is 13.1 Å². The highest BCUT2D eigenvalue weighted by Gasteiger charge is 2.13. The van der Waals surface area contributed by atoms with Crippen LogP contribution in [0.3, 0.4) is 0 Å². The molecular weight excluding hydrogens is 276 g/mol. The van der Waals surface area contributed by atoms with Crippen molar-refractivity contribution in [1.82, 2.24) is 9.55 Å². The van der Waals surface area contributed by atoms with E-state index in [2.05, 4.69) is 4.98 Å². The molecule has 0 bridgehead atoms. The van der Waals surface area contributed by atoms with Crippen LogP contribution in [0.4, 0.5) is 0 Å². The third-order valence-electron chi connectivity index (χ3n) is 2.76. The van der Waals surface area contributed by atoms with Gasteiger partial charge in [-0.1, -0.05) is 42.1 Å². The third-order valence-corrected chi connectivity index (χ3v) is 3.84. The number of aliphatic hydroxyl groups excluding tert-OH is 1. The Morgan fingerprint density at radius 1 is 1.45 bits per heavy atom. The third kappa shape index (κ3) is 3.61. The number of thioether (sulfide) groups is 1. The predicted molar refractivity (Wildman–Crippen MR) is 74.0 cm³/mol. The predicted octanol–water partition coefficient (Wildman–Crippen LogP) is 0.654. The second-order valence-corrected chi connectivity index (χ2v) is 5.67. The minimum absolute atomic E-state index is 0.172. The lowest BCUT2D eigenvalue weighted by Gasteiger charge is -2.13. The second-order valence-electron chi connectivity index (χ2n) is 4.37. The van der Waals surface area contributed by atoms with Crippen LogP contribution in [0.2, 0.25) is 0 Å². The zero-order valence-corrected chi connectivity index (χ0v) is 11.8. The molecule has 106 valence electrons. The van der Waals surface area contributed by atoms with Gasteiger partial charge in [0.1, 0.15) is 0 Å². The summed E-state index contributed by atoms with van der Waals surface area (Å²) in [4.78, 5) is 15.1. The fraction of sp³-hybridized carbons (Fsp3) is 0.286. The topological polar surface area (TPSA) is 78.2 Å². The van der Waals surface area contributed by atoms with E-state index in [-0.39, 0.29) is 6.61 Å². The summed E-state index contributed by atoms with van der Waals surface area (Å²) in [5.41, 5.74) is 1.60. The quantitative estimate of drug-likeness (QED) is 0.791. The van der Waals surface area contributed by atoms with Crippen molar-refractivity contribution < 1.29 is 15.0 Å². The van der Waals surface area contributed by atoms with Crippen molar-refractivity contribution in [1.29, 1.82) is 0 Å². The van der Waals surface area contributed by atoms with Gasteiger partial charge in [-0.05, 0) is 12.5 Å². The molecule has 1 N–H and O–H groups in total. The van der Waals surface area contributed by atoms with Crippen LogP contribution in [-0.2, 0) is 17.9 Å². The van der Waals surface area contributed by atoms with Crippen molar-refractivity contribution in [2.75, 3.05) is 0 Å². The monoisotopic (exact) mass is 291 g/mol. The number of aliphatic hydroxyl groups is 1. The van der Waals surface area contributed by atoms with E-state index in [4.69, 9.17) is 0 Å². The Morgan fingerprint density at radius 2 is 2.15 bits per heavy atom. The zero-order valence-electron chi connectivity index (χ0n) is 11.0. The molecule has 1 atom stereocenters. The molecule has 2 aromatic rings. The van der Waals surface area contributed by atoms with Crippen LogP contribution in [0.5, 0.6) is 0 Å². The van der Waals surface area contributed by atoms with Crippen LogP contribution in [-0.4, -0.2) is 25.9 Å². The lowest BCUT2D eigenvalue weighted by Crippen LogP contribution is -2.31. The van der Waals surface area contributed by atoms with E-state index < -0.39 is 11.2 Å². The number of imidazole rings is 1.